The van der Waals surface area contributed by atoms with Gasteiger partial charge in [0.2, 0.25) is 6.23 Å². The van der Waals surface area contributed by atoms with Crippen LogP contribution >= 0.6 is 0 Å². The highest BCUT2D eigenvalue weighted by Gasteiger charge is 2.46. The van der Waals surface area contributed by atoms with Gasteiger partial charge in [-0.25, -0.2) is 14.8 Å². The lowest BCUT2D eigenvalue weighted by Crippen LogP contribution is -2.34. The molecule has 2 aromatic heterocycles. The van der Waals surface area contributed by atoms with Crippen molar-refractivity contribution < 1.29 is 40.7 Å². The molecular weight excluding hydrogens is 460 g/mol. The number of hydrogen-bond acceptors (Lipinski definition) is 6. The number of carbonyl (C=O) groups is 2. The summed E-state index contributed by atoms with van der Waals surface area (Å²) in [5.74, 6) is -3.63. The Kier molecular flexibility index (Phi) is 4.98. The van der Waals surface area contributed by atoms with Gasteiger partial charge in [-0.3, -0.25) is 14.1 Å². The molecule has 3 aromatic rings. The molecule has 0 saturated heterocycles. The number of amides is 1. The van der Waals surface area contributed by atoms with Crippen LogP contribution in [0.25, 0.3) is 16.9 Å². The number of alkyl halides is 6. The van der Waals surface area contributed by atoms with Gasteiger partial charge in [-0.1, -0.05) is 6.07 Å². The summed E-state index contributed by atoms with van der Waals surface area (Å²) in [7, 11) is 0. The molecule has 14 heteroatoms. The van der Waals surface area contributed by atoms with Crippen LogP contribution < -0.4 is 5.73 Å². The number of esters is 1. The van der Waals surface area contributed by atoms with Gasteiger partial charge in [0.25, 0.3) is 5.91 Å². The minimum atomic E-state index is -5.29. The summed E-state index contributed by atoms with van der Waals surface area (Å²) in [6.45, 7) is 1.42. The SMILES string of the molecule is CCN1C(=O)c2ccc(-c3cnc4c(N)nc(C(F)(F)F)cn34)cc2C1OC(=O)C(F)(F)F. The van der Waals surface area contributed by atoms with Crippen molar-refractivity contribution in [3.05, 3.63) is 47.4 Å². The number of hydrogen-bond donors (Lipinski definition) is 1. The molecule has 1 aliphatic rings. The first-order chi connectivity index (χ1) is 15.3. The molecule has 0 spiro atoms. The molecule has 0 saturated carbocycles. The molecule has 0 bridgehead atoms. The van der Waals surface area contributed by atoms with E-state index >= 15 is 0 Å². The summed E-state index contributed by atoms with van der Waals surface area (Å²) in [6, 6.07) is 3.92. The number of benzene rings is 1. The topological polar surface area (TPSA) is 103 Å². The standard InChI is InChI=1S/C19H13F6N5O3/c1-2-29-15(31)9-4-3-8(5-10(9)16(29)33-17(32)19(23,24)25)11-6-27-14-13(26)28-12(7-30(11)14)18(20,21)22/h3-7,16H,2H2,1H3,(H2,26,28). The average molecular weight is 473 g/mol. The summed E-state index contributed by atoms with van der Waals surface area (Å²) in [4.78, 5) is 32.2. The molecule has 33 heavy (non-hydrogen) atoms. The van der Waals surface area contributed by atoms with Crippen molar-refractivity contribution in [1.29, 1.82) is 0 Å². The lowest BCUT2D eigenvalue weighted by molar-refractivity contribution is -0.211. The third-order valence-corrected chi connectivity index (χ3v) is 4.99. The number of halogens is 6. The maximum Gasteiger partial charge on any atom is 0.491 e. The first-order valence-electron chi connectivity index (χ1n) is 9.26. The molecule has 4 rings (SSSR count). The normalized spacial score (nSPS) is 16.4. The van der Waals surface area contributed by atoms with Crippen LogP contribution in [0.1, 0.15) is 34.8 Å². The monoisotopic (exact) mass is 473 g/mol. The van der Waals surface area contributed by atoms with E-state index in [9.17, 15) is 35.9 Å². The molecule has 1 aromatic carbocycles. The number of aromatic nitrogens is 3. The fourth-order valence-electron chi connectivity index (χ4n) is 3.52. The molecule has 174 valence electrons. The van der Waals surface area contributed by atoms with Crippen molar-refractivity contribution in [2.24, 2.45) is 0 Å². The van der Waals surface area contributed by atoms with Gasteiger partial charge in [0.1, 0.15) is 0 Å². The predicted octanol–water partition coefficient (Wildman–Crippen LogP) is 3.58. The predicted molar refractivity (Wildman–Crippen MR) is 99.4 cm³/mol. The van der Waals surface area contributed by atoms with E-state index in [0.29, 0.717) is 6.20 Å². The number of imidazole rings is 1. The summed E-state index contributed by atoms with van der Waals surface area (Å²) in [5.41, 5.74) is 4.47. The Bertz CT molecular complexity index is 1280. The highest BCUT2D eigenvalue weighted by atomic mass is 19.4. The lowest BCUT2D eigenvalue weighted by Gasteiger charge is -2.24. The third kappa shape index (κ3) is 3.70. The third-order valence-electron chi connectivity index (χ3n) is 4.99. The Morgan fingerprint density at radius 3 is 2.52 bits per heavy atom. The zero-order valence-electron chi connectivity index (χ0n) is 16.5. The zero-order valence-corrected chi connectivity index (χ0v) is 16.5. The van der Waals surface area contributed by atoms with E-state index in [4.69, 9.17) is 5.73 Å². The fraction of sp³-hybridized carbons (Fsp3) is 0.263. The Morgan fingerprint density at radius 1 is 1.21 bits per heavy atom. The van der Waals surface area contributed by atoms with Gasteiger partial charge in [-0.15, -0.1) is 0 Å². The van der Waals surface area contributed by atoms with Gasteiger partial charge in [0, 0.05) is 29.4 Å². The zero-order chi connectivity index (χ0) is 24.3. The van der Waals surface area contributed by atoms with Crippen molar-refractivity contribution in [3.8, 4) is 11.3 Å². The number of ether oxygens (including phenoxy) is 1. The Labute approximate surface area is 180 Å². The molecule has 1 unspecified atom stereocenters. The molecule has 1 amide bonds. The smallest absolute Gasteiger partial charge is 0.430 e. The van der Waals surface area contributed by atoms with Gasteiger partial charge in [0.05, 0.1) is 11.9 Å². The largest absolute Gasteiger partial charge is 0.491 e. The van der Waals surface area contributed by atoms with Crippen LogP contribution in [-0.2, 0) is 15.7 Å². The van der Waals surface area contributed by atoms with Gasteiger partial charge in [0.15, 0.2) is 17.2 Å². The first kappa shape index (κ1) is 22.4. The molecule has 1 atom stereocenters. The minimum absolute atomic E-state index is 0.00782. The van der Waals surface area contributed by atoms with Crippen LogP contribution in [0.4, 0.5) is 32.2 Å². The Hall–Kier alpha value is -3.84. The van der Waals surface area contributed by atoms with Crippen LogP contribution in [0.3, 0.4) is 0 Å². The number of nitrogens with zero attached hydrogens (tertiary/aromatic N) is 4. The molecule has 0 aliphatic carbocycles. The summed E-state index contributed by atoms with van der Waals surface area (Å²) >= 11 is 0. The van der Waals surface area contributed by atoms with E-state index in [1.807, 2.05) is 0 Å². The van der Waals surface area contributed by atoms with Crippen LogP contribution in [0, 0.1) is 0 Å². The number of nitrogen functional groups attached to an aromatic ring is 1. The number of carbonyl (C=O) groups excluding carboxylic acids is 2. The first-order valence-corrected chi connectivity index (χ1v) is 9.26. The summed E-state index contributed by atoms with van der Waals surface area (Å²) < 4.78 is 83.4. The highest BCUT2D eigenvalue weighted by molar-refractivity contribution is 6.00. The van der Waals surface area contributed by atoms with E-state index in [2.05, 4.69) is 14.7 Å². The van der Waals surface area contributed by atoms with Crippen LogP contribution in [0.5, 0.6) is 0 Å². The Morgan fingerprint density at radius 2 is 1.91 bits per heavy atom. The van der Waals surface area contributed by atoms with E-state index in [0.717, 1.165) is 9.30 Å². The van der Waals surface area contributed by atoms with Gasteiger partial charge in [-0.2, -0.15) is 26.3 Å². The van der Waals surface area contributed by atoms with E-state index in [-0.39, 0.29) is 34.6 Å². The number of anilines is 1. The second-order valence-electron chi connectivity index (χ2n) is 6.99. The number of rotatable bonds is 3. The fourth-order valence-corrected chi connectivity index (χ4v) is 3.52. The van der Waals surface area contributed by atoms with E-state index < -0.39 is 42.0 Å². The van der Waals surface area contributed by atoms with Crippen LogP contribution in [0.15, 0.2) is 30.6 Å². The average Bonchev–Trinajstić information content (AvgIpc) is 3.26. The van der Waals surface area contributed by atoms with Crippen molar-refractivity contribution in [2.45, 2.75) is 25.5 Å². The molecular formula is C19H13F6N5O3. The number of nitrogens with two attached hydrogens (primary N) is 1. The second-order valence-corrected chi connectivity index (χ2v) is 6.99. The second kappa shape index (κ2) is 7.35. The van der Waals surface area contributed by atoms with Crippen molar-refractivity contribution in [2.75, 3.05) is 12.3 Å². The van der Waals surface area contributed by atoms with Crippen molar-refractivity contribution >= 4 is 23.3 Å². The summed E-state index contributed by atoms with van der Waals surface area (Å²) in [5, 5.41) is 0. The van der Waals surface area contributed by atoms with Crippen molar-refractivity contribution in [3.63, 3.8) is 0 Å². The Balaban J connectivity index is 1.84. The maximum atomic E-state index is 13.2. The van der Waals surface area contributed by atoms with Gasteiger partial charge < -0.3 is 10.5 Å². The highest BCUT2D eigenvalue weighted by Crippen LogP contribution is 2.39. The van der Waals surface area contributed by atoms with Crippen LogP contribution in [-0.4, -0.2) is 43.9 Å². The van der Waals surface area contributed by atoms with E-state index in [1.165, 1.54) is 31.3 Å². The lowest BCUT2D eigenvalue weighted by atomic mass is 10.0. The molecule has 1 aliphatic heterocycles. The molecule has 3 heterocycles. The van der Waals surface area contributed by atoms with Crippen LogP contribution in [0.2, 0.25) is 0 Å². The molecule has 0 fully saturated rings. The maximum absolute atomic E-state index is 13.2. The van der Waals surface area contributed by atoms with Crippen molar-refractivity contribution in [1.82, 2.24) is 19.3 Å². The van der Waals surface area contributed by atoms with Gasteiger partial charge >= 0.3 is 18.3 Å². The van der Waals surface area contributed by atoms with Gasteiger partial charge in [-0.05, 0) is 19.1 Å². The molecule has 8 nitrogen and oxygen atoms in total. The molecule has 2 N–H and O–H groups in total. The van der Waals surface area contributed by atoms with E-state index in [1.54, 1.807) is 0 Å². The number of fused-ring (bicyclic) bond motifs is 2. The summed E-state index contributed by atoms with van der Waals surface area (Å²) in [6.07, 6.45) is -9.88. The molecule has 0 radical (unpaired) electrons. The quantitative estimate of drug-likeness (QED) is 0.461. The minimum Gasteiger partial charge on any atom is -0.430 e.